The van der Waals surface area contributed by atoms with Crippen molar-refractivity contribution >= 4 is 10.1 Å². The Balaban J connectivity index is 2.66. The van der Waals surface area contributed by atoms with Crippen molar-refractivity contribution in [2.24, 2.45) is 0 Å². The van der Waals surface area contributed by atoms with Crippen molar-refractivity contribution in [2.75, 3.05) is 0 Å². The molecule has 1 aromatic carbocycles. The van der Waals surface area contributed by atoms with Crippen LogP contribution in [0.1, 0.15) is 256 Å². The SMILES string of the molecule is CCCCCCCCCCCCCCCCc1c(S(=O)(=O)O)ccc(CCCCCCCCCCCC)c1CCCCCCCCCCCC. The van der Waals surface area contributed by atoms with E-state index in [2.05, 4.69) is 20.8 Å². The lowest BCUT2D eigenvalue weighted by Crippen LogP contribution is -2.10. The second-order valence-corrected chi connectivity index (χ2v) is 17.3. The summed E-state index contributed by atoms with van der Waals surface area (Å²) < 4.78 is 35.5. The maximum atomic E-state index is 12.6. The van der Waals surface area contributed by atoms with Gasteiger partial charge in [0.25, 0.3) is 10.1 Å². The molecule has 0 fully saturated rings. The molecule has 0 aliphatic carbocycles. The van der Waals surface area contributed by atoms with Crippen LogP contribution in [0.3, 0.4) is 0 Å². The number of hydrogen-bond donors (Lipinski definition) is 1. The Morgan fingerprint density at radius 3 is 0.920 bits per heavy atom. The summed E-state index contributed by atoms with van der Waals surface area (Å²) in [6.45, 7) is 6.84. The van der Waals surface area contributed by atoms with Gasteiger partial charge in [-0.2, -0.15) is 8.42 Å². The molecule has 0 atom stereocenters. The van der Waals surface area contributed by atoms with E-state index in [1.807, 2.05) is 6.07 Å². The Morgan fingerprint density at radius 2 is 0.620 bits per heavy atom. The quantitative estimate of drug-likeness (QED) is 0.0547. The van der Waals surface area contributed by atoms with Crippen LogP contribution in [0.25, 0.3) is 0 Å². The number of aryl methyl sites for hydroxylation is 1. The lowest BCUT2D eigenvalue weighted by molar-refractivity contribution is 0.481. The van der Waals surface area contributed by atoms with E-state index in [1.165, 1.54) is 210 Å². The van der Waals surface area contributed by atoms with Gasteiger partial charge in [0.1, 0.15) is 0 Å². The molecule has 1 rings (SSSR count). The highest BCUT2D eigenvalue weighted by Crippen LogP contribution is 2.29. The summed E-state index contributed by atoms with van der Waals surface area (Å²) in [6.07, 6.45) is 47.5. The summed E-state index contributed by atoms with van der Waals surface area (Å²) >= 11 is 0. The standard InChI is InChI=1S/C46H86O3S/c1-4-7-10-13-16-19-22-23-24-25-28-31-34-37-40-45-44(39-36-33-30-27-21-18-15-12-9-6-3)43(41-42-46(45)50(47,48)49)38-35-32-29-26-20-17-14-11-8-5-2/h41-42H,4-40H2,1-3H3,(H,47,48,49). The van der Waals surface area contributed by atoms with Crippen LogP contribution in [0.15, 0.2) is 17.0 Å². The third kappa shape index (κ3) is 26.0. The maximum absolute atomic E-state index is 12.6. The Hall–Kier alpha value is -0.870. The van der Waals surface area contributed by atoms with E-state index in [4.69, 9.17) is 0 Å². The zero-order chi connectivity index (χ0) is 36.4. The van der Waals surface area contributed by atoms with Crippen molar-refractivity contribution in [3.05, 3.63) is 28.8 Å². The fraction of sp³-hybridized carbons (Fsp3) is 0.870. The van der Waals surface area contributed by atoms with E-state index in [9.17, 15) is 13.0 Å². The third-order valence-corrected chi connectivity index (χ3v) is 12.1. The summed E-state index contributed by atoms with van der Waals surface area (Å²) in [6, 6.07) is 3.76. The van der Waals surface area contributed by atoms with E-state index in [1.54, 1.807) is 6.07 Å². The van der Waals surface area contributed by atoms with Gasteiger partial charge in [0.15, 0.2) is 0 Å². The second kappa shape index (κ2) is 33.9. The van der Waals surface area contributed by atoms with Crippen molar-refractivity contribution in [1.82, 2.24) is 0 Å². The highest BCUT2D eigenvalue weighted by Gasteiger charge is 2.20. The smallest absolute Gasteiger partial charge is 0.282 e. The van der Waals surface area contributed by atoms with Gasteiger partial charge >= 0.3 is 0 Å². The molecule has 0 aromatic heterocycles. The number of unbranched alkanes of at least 4 members (excludes halogenated alkanes) is 31. The molecule has 0 saturated heterocycles. The summed E-state index contributed by atoms with van der Waals surface area (Å²) in [7, 11) is -4.24. The molecular weight excluding hydrogens is 633 g/mol. The Bertz CT molecular complexity index is 985. The maximum Gasteiger partial charge on any atom is 0.294 e. The molecule has 294 valence electrons. The largest absolute Gasteiger partial charge is 0.294 e. The van der Waals surface area contributed by atoms with Crippen LogP contribution in [0.2, 0.25) is 0 Å². The van der Waals surface area contributed by atoms with Gasteiger partial charge in [-0.25, -0.2) is 0 Å². The van der Waals surface area contributed by atoms with Crippen molar-refractivity contribution in [3.8, 4) is 0 Å². The van der Waals surface area contributed by atoms with Crippen LogP contribution in [-0.4, -0.2) is 13.0 Å². The zero-order valence-electron chi connectivity index (χ0n) is 34.0. The van der Waals surface area contributed by atoms with E-state index in [-0.39, 0.29) is 4.90 Å². The highest BCUT2D eigenvalue weighted by molar-refractivity contribution is 7.85. The first-order valence-electron chi connectivity index (χ1n) is 22.6. The van der Waals surface area contributed by atoms with Crippen molar-refractivity contribution in [1.29, 1.82) is 0 Å². The van der Waals surface area contributed by atoms with Crippen LogP contribution < -0.4 is 0 Å². The van der Waals surface area contributed by atoms with E-state index >= 15 is 0 Å². The minimum Gasteiger partial charge on any atom is -0.282 e. The molecule has 50 heavy (non-hydrogen) atoms. The Labute approximate surface area is 314 Å². The minimum absolute atomic E-state index is 0.182. The second-order valence-electron chi connectivity index (χ2n) is 15.9. The van der Waals surface area contributed by atoms with Crippen LogP contribution in [0.4, 0.5) is 0 Å². The molecule has 0 amide bonds. The summed E-state index contributed by atoms with van der Waals surface area (Å²) in [5.41, 5.74) is 3.53. The first-order valence-corrected chi connectivity index (χ1v) is 24.0. The molecule has 0 spiro atoms. The van der Waals surface area contributed by atoms with Crippen LogP contribution in [0.5, 0.6) is 0 Å². The number of hydrogen-bond acceptors (Lipinski definition) is 2. The lowest BCUT2D eigenvalue weighted by atomic mass is 9.90. The highest BCUT2D eigenvalue weighted by atomic mass is 32.2. The molecule has 0 aliphatic rings. The van der Waals surface area contributed by atoms with Crippen molar-refractivity contribution < 1.29 is 13.0 Å². The first-order chi connectivity index (χ1) is 24.5. The van der Waals surface area contributed by atoms with Crippen LogP contribution in [0, 0.1) is 0 Å². The monoisotopic (exact) mass is 719 g/mol. The molecule has 0 radical (unpaired) electrons. The predicted octanol–water partition coefficient (Wildman–Crippen LogP) is 15.9. The van der Waals surface area contributed by atoms with Gasteiger partial charge in [-0.3, -0.25) is 4.55 Å². The molecule has 0 heterocycles. The Morgan fingerprint density at radius 1 is 0.360 bits per heavy atom. The predicted molar refractivity (Wildman–Crippen MR) is 221 cm³/mol. The van der Waals surface area contributed by atoms with Crippen LogP contribution in [-0.2, 0) is 29.4 Å². The van der Waals surface area contributed by atoms with Gasteiger partial charge in [0, 0.05) is 0 Å². The molecule has 1 aromatic rings. The number of rotatable bonds is 38. The normalized spacial score (nSPS) is 11.9. The van der Waals surface area contributed by atoms with Gasteiger partial charge in [-0.05, 0) is 61.3 Å². The fourth-order valence-corrected chi connectivity index (χ4v) is 8.65. The molecule has 4 heteroatoms. The number of benzene rings is 1. The molecule has 0 aliphatic heterocycles. The van der Waals surface area contributed by atoms with Crippen molar-refractivity contribution in [3.63, 3.8) is 0 Å². The van der Waals surface area contributed by atoms with Gasteiger partial charge in [-0.1, -0.05) is 226 Å². The Kier molecular flexibility index (Phi) is 32.0. The van der Waals surface area contributed by atoms with E-state index in [0.29, 0.717) is 0 Å². The van der Waals surface area contributed by atoms with Gasteiger partial charge in [0.05, 0.1) is 4.90 Å². The van der Waals surface area contributed by atoms with Gasteiger partial charge in [-0.15, -0.1) is 0 Å². The van der Waals surface area contributed by atoms with Gasteiger partial charge < -0.3 is 0 Å². The third-order valence-electron chi connectivity index (χ3n) is 11.1. The molecule has 0 unspecified atom stereocenters. The summed E-state index contributed by atoms with van der Waals surface area (Å²) in [5, 5.41) is 0. The van der Waals surface area contributed by atoms with E-state index < -0.39 is 10.1 Å². The first kappa shape index (κ1) is 47.2. The molecule has 0 saturated carbocycles. The topological polar surface area (TPSA) is 54.4 Å². The summed E-state index contributed by atoms with van der Waals surface area (Å²) in [4.78, 5) is 0.182. The molecular formula is C46H86O3S. The van der Waals surface area contributed by atoms with E-state index in [0.717, 1.165) is 44.1 Å². The lowest BCUT2D eigenvalue weighted by Gasteiger charge is -2.18. The van der Waals surface area contributed by atoms with Crippen LogP contribution >= 0.6 is 0 Å². The fourth-order valence-electron chi connectivity index (χ4n) is 7.87. The molecule has 1 N–H and O–H groups in total. The zero-order valence-corrected chi connectivity index (χ0v) is 34.8. The average Bonchev–Trinajstić information content (AvgIpc) is 3.10. The van der Waals surface area contributed by atoms with Gasteiger partial charge in [0.2, 0.25) is 0 Å². The minimum atomic E-state index is -4.24. The van der Waals surface area contributed by atoms with Crippen molar-refractivity contribution in [2.45, 2.75) is 263 Å². The molecule has 3 nitrogen and oxygen atoms in total. The molecule has 0 bridgehead atoms. The average molecular weight is 719 g/mol. The summed E-state index contributed by atoms with van der Waals surface area (Å²) in [5.74, 6) is 0.